The predicted octanol–water partition coefficient (Wildman–Crippen LogP) is 1.05. The van der Waals surface area contributed by atoms with Crippen LogP contribution in [0.5, 0.6) is 5.75 Å². The quantitative estimate of drug-likeness (QED) is 0.725. The first kappa shape index (κ1) is 17.0. The van der Waals surface area contributed by atoms with E-state index in [-0.39, 0.29) is 18.5 Å². The highest BCUT2D eigenvalue weighted by Gasteiger charge is 2.12. The second-order valence-electron chi connectivity index (χ2n) is 4.90. The fourth-order valence-electron chi connectivity index (χ4n) is 1.83. The Hall–Kier alpha value is -2.08. The summed E-state index contributed by atoms with van der Waals surface area (Å²) in [5.74, 6) is -0.185. The summed E-state index contributed by atoms with van der Waals surface area (Å²) in [6.07, 6.45) is 0. The maximum Gasteiger partial charge on any atom is 0.337 e. The molecule has 1 amide bonds. The van der Waals surface area contributed by atoms with Crippen LogP contribution in [0.3, 0.4) is 0 Å². The van der Waals surface area contributed by atoms with Crippen molar-refractivity contribution in [2.24, 2.45) is 5.73 Å². The van der Waals surface area contributed by atoms with Gasteiger partial charge in [0.05, 0.1) is 19.2 Å². The van der Waals surface area contributed by atoms with Gasteiger partial charge in [0, 0.05) is 12.6 Å². The predicted molar refractivity (Wildman–Crippen MR) is 79.2 cm³/mol. The molecule has 6 nitrogen and oxygen atoms in total. The molecule has 2 N–H and O–H groups in total. The minimum Gasteiger partial charge on any atom is -0.492 e. The number of esters is 1. The molecule has 1 aromatic rings. The number of amides is 1. The molecule has 0 spiro atoms. The fourth-order valence-corrected chi connectivity index (χ4v) is 1.83. The maximum atomic E-state index is 11.4. The van der Waals surface area contributed by atoms with Crippen molar-refractivity contribution in [1.29, 1.82) is 0 Å². The smallest absolute Gasteiger partial charge is 0.337 e. The van der Waals surface area contributed by atoms with Crippen molar-refractivity contribution in [2.75, 3.05) is 26.8 Å². The van der Waals surface area contributed by atoms with Gasteiger partial charge < -0.3 is 15.2 Å². The minimum absolute atomic E-state index is 0.197. The van der Waals surface area contributed by atoms with Crippen molar-refractivity contribution < 1.29 is 19.1 Å². The van der Waals surface area contributed by atoms with Gasteiger partial charge in [0.15, 0.2) is 0 Å². The molecule has 0 radical (unpaired) electrons. The highest BCUT2D eigenvalue weighted by atomic mass is 16.5. The molecule has 0 heterocycles. The van der Waals surface area contributed by atoms with E-state index in [1.807, 2.05) is 18.7 Å². The Morgan fingerprint density at radius 3 is 2.62 bits per heavy atom. The Labute approximate surface area is 124 Å². The van der Waals surface area contributed by atoms with Crippen LogP contribution in [0.15, 0.2) is 24.3 Å². The molecule has 0 saturated heterocycles. The van der Waals surface area contributed by atoms with E-state index in [2.05, 4.69) is 4.74 Å². The molecule has 0 fully saturated rings. The van der Waals surface area contributed by atoms with E-state index in [9.17, 15) is 9.59 Å². The van der Waals surface area contributed by atoms with Gasteiger partial charge in [-0.15, -0.1) is 0 Å². The summed E-state index contributed by atoms with van der Waals surface area (Å²) in [7, 11) is 1.33. The Bertz CT molecular complexity index is 488. The lowest BCUT2D eigenvalue weighted by atomic mass is 10.2. The Balaban J connectivity index is 2.54. The van der Waals surface area contributed by atoms with Gasteiger partial charge in [-0.05, 0) is 32.0 Å². The molecular formula is C15H22N2O4. The third kappa shape index (κ3) is 5.83. The number of nitrogens with two attached hydrogens (primary N) is 1. The number of carbonyl (C=O) groups is 2. The average Bonchev–Trinajstić information content (AvgIpc) is 2.45. The van der Waals surface area contributed by atoms with Crippen LogP contribution in [-0.2, 0) is 9.53 Å². The molecule has 1 aromatic carbocycles. The third-order valence-electron chi connectivity index (χ3n) is 2.99. The van der Waals surface area contributed by atoms with Gasteiger partial charge in [0.2, 0.25) is 5.91 Å². The first-order valence-electron chi connectivity index (χ1n) is 6.77. The van der Waals surface area contributed by atoms with E-state index < -0.39 is 5.97 Å². The molecule has 0 aliphatic heterocycles. The summed E-state index contributed by atoms with van der Waals surface area (Å²) >= 11 is 0. The van der Waals surface area contributed by atoms with Crippen molar-refractivity contribution in [3.63, 3.8) is 0 Å². The molecule has 1 rings (SSSR count). The van der Waals surface area contributed by atoms with Crippen molar-refractivity contribution >= 4 is 11.9 Å². The summed E-state index contributed by atoms with van der Waals surface area (Å²) in [6.45, 7) is 5.14. The van der Waals surface area contributed by atoms with E-state index in [4.69, 9.17) is 10.5 Å². The summed E-state index contributed by atoms with van der Waals surface area (Å²) in [5.41, 5.74) is 5.65. The lowest BCUT2D eigenvalue weighted by Crippen LogP contribution is -2.40. The fraction of sp³-hybridized carbons (Fsp3) is 0.467. The van der Waals surface area contributed by atoms with Gasteiger partial charge in [-0.1, -0.05) is 6.07 Å². The number of hydrogen-bond acceptors (Lipinski definition) is 5. The number of ether oxygens (including phenoxy) is 2. The van der Waals surface area contributed by atoms with E-state index in [0.717, 1.165) is 0 Å². The number of benzene rings is 1. The second-order valence-corrected chi connectivity index (χ2v) is 4.90. The largest absolute Gasteiger partial charge is 0.492 e. The summed E-state index contributed by atoms with van der Waals surface area (Å²) in [4.78, 5) is 24.3. The van der Waals surface area contributed by atoms with Gasteiger partial charge in [0.1, 0.15) is 12.4 Å². The standard InChI is InChI=1S/C15H22N2O4/c1-11(2)17(10-14(16)18)7-8-21-13-6-4-5-12(9-13)15(19)20-3/h4-6,9,11H,7-8,10H2,1-3H3,(H2,16,18). The van der Waals surface area contributed by atoms with Crippen LogP contribution in [0.25, 0.3) is 0 Å². The zero-order valence-electron chi connectivity index (χ0n) is 12.7. The van der Waals surface area contributed by atoms with Crippen LogP contribution in [0.4, 0.5) is 0 Å². The lowest BCUT2D eigenvalue weighted by Gasteiger charge is -2.24. The third-order valence-corrected chi connectivity index (χ3v) is 2.99. The van der Waals surface area contributed by atoms with Gasteiger partial charge in [-0.3, -0.25) is 9.69 Å². The van der Waals surface area contributed by atoms with Gasteiger partial charge in [0.25, 0.3) is 0 Å². The summed E-state index contributed by atoms with van der Waals surface area (Å²) in [5, 5.41) is 0. The molecule has 6 heteroatoms. The van der Waals surface area contributed by atoms with Crippen molar-refractivity contribution in [1.82, 2.24) is 4.90 Å². The van der Waals surface area contributed by atoms with Crippen LogP contribution in [-0.4, -0.2) is 49.6 Å². The number of nitrogens with zero attached hydrogens (tertiary/aromatic N) is 1. The van der Waals surface area contributed by atoms with Crippen molar-refractivity contribution in [3.8, 4) is 5.75 Å². The minimum atomic E-state index is -0.405. The molecule has 116 valence electrons. The second kappa shape index (κ2) is 8.26. The van der Waals surface area contributed by atoms with E-state index in [1.54, 1.807) is 24.3 Å². The average molecular weight is 294 g/mol. The summed E-state index contributed by atoms with van der Waals surface area (Å²) in [6, 6.07) is 6.97. The lowest BCUT2D eigenvalue weighted by molar-refractivity contribution is -0.119. The Kier molecular flexibility index (Phi) is 6.68. The van der Waals surface area contributed by atoms with E-state index in [1.165, 1.54) is 7.11 Å². The number of carbonyl (C=O) groups excluding carboxylic acids is 2. The molecule has 0 saturated carbocycles. The molecule has 0 aromatic heterocycles. The van der Waals surface area contributed by atoms with Crippen LogP contribution >= 0.6 is 0 Å². The Morgan fingerprint density at radius 1 is 1.33 bits per heavy atom. The molecule has 0 bridgehead atoms. The number of primary amides is 1. The molecule has 0 aliphatic carbocycles. The zero-order valence-corrected chi connectivity index (χ0v) is 12.7. The molecule has 0 aliphatic rings. The van der Waals surface area contributed by atoms with E-state index in [0.29, 0.717) is 24.5 Å². The number of rotatable bonds is 8. The van der Waals surface area contributed by atoms with Crippen LogP contribution < -0.4 is 10.5 Å². The molecular weight excluding hydrogens is 272 g/mol. The maximum absolute atomic E-state index is 11.4. The van der Waals surface area contributed by atoms with Crippen molar-refractivity contribution in [3.05, 3.63) is 29.8 Å². The highest BCUT2D eigenvalue weighted by Crippen LogP contribution is 2.14. The SMILES string of the molecule is COC(=O)c1cccc(OCCN(CC(N)=O)C(C)C)c1. The Morgan fingerprint density at radius 2 is 2.05 bits per heavy atom. The number of hydrogen-bond donors (Lipinski definition) is 1. The molecule has 21 heavy (non-hydrogen) atoms. The zero-order chi connectivity index (χ0) is 15.8. The van der Waals surface area contributed by atoms with Crippen LogP contribution in [0.1, 0.15) is 24.2 Å². The van der Waals surface area contributed by atoms with Crippen molar-refractivity contribution in [2.45, 2.75) is 19.9 Å². The molecule has 0 atom stereocenters. The highest BCUT2D eigenvalue weighted by molar-refractivity contribution is 5.89. The topological polar surface area (TPSA) is 81.9 Å². The normalized spacial score (nSPS) is 10.7. The van der Waals surface area contributed by atoms with Gasteiger partial charge in [-0.2, -0.15) is 0 Å². The number of methoxy groups -OCH3 is 1. The van der Waals surface area contributed by atoms with Crippen LogP contribution in [0.2, 0.25) is 0 Å². The molecule has 0 unspecified atom stereocenters. The van der Waals surface area contributed by atoms with E-state index >= 15 is 0 Å². The monoisotopic (exact) mass is 294 g/mol. The van der Waals surface area contributed by atoms with Gasteiger partial charge in [-0.25, -0.2) is 4.79 Å². The summed E-state index contributed by atoms with van der Waals surface area (Å²) < 4.78 is 10.3. The first-order chi connectivity index (χ1) is 9.93. The van der Waals surface area contributed by atoms with Gasteiger partial charge >= 0.3 is 5.97 Å². The first-order valence-corrected chi connectivity index (χ1v) is 6.77. The van der Waals surface area contributed by atoms with Crippen LogP contribution in [0, 0.1) is 0 Å².